The fourth-order valence-corrected chi connectivity index (χ4v) is 5.66. The number of amides is 1. The van der Waals surface area contributed by atoms with Gasteiger partial charge in [0.2, 0.25) is 5.91 Å². The number of para-hydroxylation sites is 2. The van der Waals surface area contributed by atoms with Crippen LogP contribution in [0.2, 0.25) is 0 Å². The lowest BCUT2D eigenvalue weighted by atomic mass is 9.82. The Morgan fingerprint density at radius 1 is 0.957 bits per heavy atom. The third kappa shape index (κ3) is 6.72. The molecule has 16 nitrogen and oxygen atoms in total. The highest BCUT2D eigenvalue weighted by Gasteiger charge is 2.58. The fourth-order valence-electron chi connectivity index (χ4n) is 5.66. The van der Waals surface area contributed by atoms with Crippen LogP contribution in [0.15, 0.2) is 83.6 Å². The smallest absolute Gasteiger partial charge is 0.456 e. The van der Waals surface area contributed by atoms with Crippen LogP contribution in [0.5, 0.6) is 0 Å². The number of nitro groups is 2. The van der Waals surface area contributed by atoms with Crippen LogP contribution in [0.25, 0.3) is 16.0 Å². The fraction of sp³-hybridized carbons (Fsp3) is 0.258. The molecular weight excluding hydrogens is 616 g/mol. The predicted molar refractivity (Wildman–Crippen MR) is 162 cm³/mol. The topological polar surface area (TPSA) is 217 Å². The number of β-lactam (4-membered cyclic amide) rings is 1. The van der Waals surface area contributed by atoms with E-state index in [9.17, 15) is 34.6 Å². The summed E-state index contributed by atoms with van der Waals surface area (Å²) < 4.78 is 15.9. The molecule has 5 rings (SSSR count). The molecule has 0 bridgehead atoms. The molecule has 0 radical (unpaired) electrons. The van der Waals surface area contributed by atoms with Gasteiger partial charge in [0.1, 0.15) is 25.0 Å². The van der Waals surface area contributed by atoms with E-state index < -0.39 is 59.2 Å². The van der Waals surface area contributed by atoms with Crippen molar-refractivity contribution >= 4 is 35.0 Å². The zero-order chi connectivity index (χ0) is 33.7. The number of esters is 1. The van der Waals surface area contributed by atoms with Crippen molar-refractivity contribution < 1.29 is 38.4 Å². The Bertz CT molecular complexity index is 1840. The molecule has 0 unspecified atom stereocenters. The summed E-state index contributed by atoms with van der Waals surface area (Å²) in [4.78, 5) is 65.0. The monoisotopic (exact) mass is 642 g/mol. The quantitative estimate of drug-likeness (QED) is 0.0443. The molecule has 1 saturated heterocycles. The van der Waals surface area contributed by atoms with Crippen molar-refractivity contribution in [1.29, 1.82) is 0 Å². The van der Waals surface area contributed by atoms with Crippen LogP contribution in [-0.4, -0.2) is 44.9 Å². The second kappa shape index (κ2) is 13.8. The Kier molecular flexibility index (Phi) is 9.42. The van der Waals surface area contributed by atoms with E-state index in [1.54, 1.807) is 36.4 Å². The molecule has 1 amide bonds. The van der Waals surface area contributed by atoms with Crippen molar-refractivity contribution in [2.75, 3.05) is 0 Å². The number of carbonyl (C=O) groups excluding carboxylic acids is 3. The summed E-state index contributed by atoms with van der Waals surface area (Å²) in [5.74, 6) is -2.24. The molecule has 0 N–H and O–H groups in total. The molecule has 3 atom stereocenters. The van der Waals surface area contributed by atoms with Crippen LogP contribution >= 0.6 is 0 Å². The van der Waals surface area contributed by atoms with Crippen LogP contribution in [-0.2, 0) is 43.6 Å². The molecule has 2 heterocycles. The molecule has 3 aromatic carbocycles. The molecule has 1 fully saturated rings. The summed E-state index contributed by atoms with van der Waals surface area (Å²) in [6, 6.07) is 17.8. The number of rotatable bonds is 12. The van der Waals surface area contributed by atoms with E-state index in [1.807, 2.05) is 0 Å². The maximum atomic E-state index is 13.5. The number of hydrogen-bond donors (Lipinski definition) is 0. The van der Waals surface area contributed by atoms with Gasteiger partial charge >= 0.3 is 12.1 Å². The number of hydrogen-bond acceptors (Lipinski definition) is 11. The van der Waals surface area contributed by atoms with E-state index in [1.165, 1.54) is 48.2 Å². The van der Waals surface area contributed by atoms with Gasteiger partial charge in [0.15, 0.2) is 0 Å². The molecule has 47 heavy (non-hydrogen) atoms. The number of nitro benzene ring substituents is 2. The summed E-state index contributed by atoms with van der Waals surface area (Å²) in [6.07, 6.45) is -1.93. The van der Waals surface area contributed by atoms with E-state index in [-0.39, 0.29) is 41.2 Å². The van der Waals surface area contributed by atoms with Crippen molar-refractivity contribution in [3.05, 3.63) is 131 Å². The highest BCUT2D eigenvalue weighted by molar-refractivity contribution is 6.06. The van der Waals surface area contributed by atoms with Gasteiger partial charge in [-0.25, -0.2) is 9.59 Å². The molecule has 0 spiro atoms. The second-order valence-corrected chi connectivity index (χ2v) is 10.6. The van der Waals surface area contributed by atoms with Gasteiger partial charge in [-0.1, -0.05) is 53.6 Å². The van der Waals surface area contributed by atoms with E-state index in [4.69, 9.17) is 19.7 Å². The SMILES string of the molecule is C[C@@H](OC(=O)OCc1ccccc1[N+](=O)[O-])[C@H]1C(=O)N2C(C(=O)OCc3ccccc3[N+](=O)[O-])=C(c3ccc(CN=[N+]=[N-])cc3)C[C@H]12. The number of nitrogens with zero attached hydrogens (tertiary/aromatic N) is 6. The van der Waals surface area contributed by atoms with Crippen LogP contribution in [0, 0.1) is 26.1 Å². The average Bonchev–Trinajstić information content (AvgIpc) is 3.40. The van der Waals surface area contributed by atoms with Crippen LogP contribution in [0.1, 0.15) is 35.6 Å². The second-order valence-electron chi connectivity index (χ2n) is 10.6. The van der Waals surface area contributed by atoms with E-state index >= 15 is 0 Å². The third-order valence-electron chi connectivity index (χ3n) is 7.89. The van der Waals surface area contributed by atoms with Gasteiger partial charge in [-0.2, -0.15) is 0 Å². The third-order valence-corrected chi connectivity index (χ3v) is 7.89. The minimum Gasteiger partial charge on any atom is -0.456 e. The Balaban J connectivity index is 1.33. The van der Waals surface area contributed by atoms with Crippen molar-refractivity contribution in [3.63, 3.8) is 0 Å². The van der Waals surface area contributed by atoms with Crippen molar-refractivity contribution in [2.24, 2.45) is 11.0 Å². The van der Waals surface area contributed by atoms with Gasteiger partial charge in [-0.3, -0.25) is 25.0 Å². The summed E-state index contributed by atoms with van der Waals surface area (Å²) in [5.41, 5.74) is 10.2. The molecule has 0 aromatic heterocycles. The summed E-state index contributed by atoms with van der Waals surface area (Å²) in [6.45, 7) is 0.770. The maximum Gasteiger partial charge on any atom is 0.508 e. The lowest BCUT2D eigenvalue weighted by molar-refractivity contribution is -0.386. The summed E-state index contributed by atoms with van der Waals surface area (Å²) >= 11 is 0. The average molecular weight is 643 g/mol. The van der Waals surface area contributed by atoms with Crippen molar-refractivity contribution in [3.8, 4) is 0 Å². The highest BCUT2D eigenvalue weighted by atomic mass is 16.7. The number of ether oxygens (including phenoxy) is 3. The van der Waals surface area contributed by atoms with Gasteiger partial charge in [-0.15, -0.1) is 0 Å². The first-order chi connectivity index (χ1) is 22.6. The molecule has 240 valence electrons. The number of azide groups is 1. The highest BCUT2D eigenvalue weighted by Crippen LogP contribution is 2.48. The number of fused-ring (bicyclic) bond motifs is 1. The van der Waals surface area contributed by atoms with Crippen molar-refractivity contribution in [1.82, 2.24) is 4.90 Å². The molecule has 0 aliphatic carbocycles. The first kappa shape index (κ1) is 32.1. The first-order valence-corrected chi connectivity index (χ1v) is 14.2. The maximum absolute atomic E-state index is 13.5. The summed E-state index contributed by atoms with van der Waals surface area (Å²) in [7, 11) is 0. The molecular formula is C31H26N6O10. The van der Waals surface area contributed by atoms with Crippen LogP contribution in [0.3, 0.4) is 0 Å². The zero-order valence-corrected chi connectivity index (χ0v) is 24.8. The molecule has 16 heteroatoms. The van der Waals surface area contributed by atoms with Crippen LogP contribution < -0.4 is 0 Å². The largest absolute Gasteiger partial charge is 0.508 e. The minimum atomic E-state index is -1.13. The van der Waals surface area contributed by atoms with Gasteiger partial charge in [-0.05, 0) is 47.7 Å². The Morgan fingerprint density at radius 3 is 2.11 bits per heavy atom. The standard InChI is InChI=1S/C31H26N6O10/c1-18(47-31(40)46-17-22-7-3-5-9-25(22)37(43)44)27-26-14-23(20-12-10-19(11-13-20)15-33-34-32)28(35(26)29(27)38)30(39)45-16-21-6-2-4-8-24(21)36(41)42/h2-13,18,26-27H,14-17H2,1H3/t18-,26-,27-/m1/s1. The molecule has 0 saturated carbocycles. The van der Waals surface area contributed by atoms with Crippen LogP contribution in [0.4, 0.5) is 16.2 Å². The lowest BCUT2D eigenvalue weighted by Crippen LogP contribution is -2.62. The van der Waals surface area contributed by atoms with Crippen molar-refractivity contribution in [2.45, 2.75) is 45.2 Å². The van der Waals surface area contributed by atoms with Gasteiger partial charge in [0, 0.05) is 17.0 Å². The minimum absolute atomic E-state index is 0.0382. The van der Waals surface area contributed by atoms with Gasteiger partial charge < -0.3 is 19.1 Å². The Hall–Kier alpha value is -6.28. The number of benzene rings is 3. The Morgan fingerprint density at radius 2 is 1.53 bits per heavy atom. The van der Waals surface area contributed by atoms with E-state index in [2.05, 4.69) is 10.0 Å². The van der Waals surface area contributed by atoms with E-state index in [0.717, 1.165) is 0 Å². The molecule has 2 aliphatic rings. The summed E-state index contributed by atoms with van der Waals surface area (Å²) in [5, 5.41) is 26.2. The van der Waals surface area contributed by atoms with Gasteiger partial charge in [0.05, 0.1) is 39.5 Å². The zero-order valence-electron chi connectivity index (χ0n) is 24.8. The first-order valence-electron chi connectivity index (χ1n) is 14.2. The lowest BCUT2D eigenvalue weighted by Gasteiger charge is -2.45. The predicted octanol–water partition coefficient (Wildman–Crippen LogP) is 5.74. The molecule has 3 aromatic rings. The normalized spacial score (nSPS) is 17.1. The Labute approximate surface area is 266 Å². The van der Waals surface area contributed by atoms with E-state index in [0.29, 0.717) is 16.7 Å². The van der Waals surface area contributed by atoms with Gasteiger partial charge in [0.25, 0.3) is 11.4 Å². The number of carbonyl (C=O) groups is 3. The molecule has 2 aliphatic heterocycles.